The van der Waals surface area contributed by atoms with Crippen LogP contribution < -0.4 is 5.32 Å². The molecule has 6 nitrogen and oxygen atoms in total. The van der Waals surface area contributed by atoms with Crippen molar-refractivity contribution in [2.45, 2.75) is 33.4 Å². The summed E-state index contributed by atoms with van der Waals surface area (Å²) in [6, 6.07) is 11.8. The van der Waals surface area contributed by atoms with Crippen molar-refractivity contribution in [2.75, 3.05) is 0 Å². The highest BCUT2D eigenvalue weighted by atomic mass is 16.1. The van der Waals surface area contributed by atoms with Gasteiger partial charge in [0, 0.05) is 43.2 Å². The molecule has 3 rings (SSSR count). The van der Waals surface area contributed by atoms with Gasteiger partial charge >= 0.3 is 0 Å². The molecule has 0 unspecified atom stereocenters. The van der Waals surface area contributed by atoms with E-state index in [0.29, 0.717) is 19.5 Å². The van der Waals surface area contributed by atoms with Gasteiger partial charge in [-0.25, -0.2) is 4.68 Å². The Bertz CT molecular complexity index is 806. The van der Waals surface area contributed by atoms with E-state index in [4.69, 9.17) is 0 Å². The zero-order chi connectivity index (χ0) is 16.9. The molecular weight excluding hydrogens is 302 g/mol. The lowest BCUT2D eigenvalue weighted by Crippen LogP contribution is -2.24. The minimum Gasteiger partial charge on any atom is -0.352 e. The van der Waals surface area contributed by atoms with Crippen LogP contribution in [0.5, 0.6) is 0 Å². The van der Waals surface area contributed by atoms with Gasteiger partial charge in [0.15, 0.2) is 0 Å². The van der Waals surface area contributed by atoms with Crippen LogP contribution in [0.4, 0.5) is 0 Å². The lowest BCUT2D eigenvalue weighted by molar-refractivity contribution is -0.121. The summed E-state index contributed by atoms with van der Waals surface area (Å²) in [7, 11) is 0. The number of para-hydroxylation sites is 1. The van der Waals surface area contributed by atoms with Crippen LogP contribution in [0, 0.1) is 13.8 Å². The normalized spacial score (nSPS) is 10.8. The molecule has 124 valence electrons. The number of carbonyl (C=O) groups is 1. The number of hydrogen-bond donors (Lipinski definition) is 1. The second kappa shape index (κ2) is 7.12. The maximum absolute atomic E-state index is 12.0. The summed E-state index contributed by atoms with van der Waals surface area (Å²) in [4.78, 5) is 12.0. The second-order valence-corrected chi connectivity index (χ2v) is 5.69. The van der Waals surface area contributed by atoms with Gasteiger partial charge in [0.2, 0.25) is 5.91 Å². The number of nitrogens with one attached hydrogen (secondary N) is 1. The van der Waals surface area contributed by atoms with Gasteiger partial charge < -0.3 is 5.32 Å². The van der Waals surface area contributed by atoms with Crippen molar-refractivity contribution in [2.24, 2.45) is 0 Å². The van der Waals surface area contributed by atoms with Crippen LogP contribution in [-0.4, -0.2) is 25.5 Å². The predicted molar refractivity (Wildman–Crippen MR) is 91.7 cm³/mol. The maximum atomic E-state index is 12.0. The van der Waals surface area contributed by atoms with E-state index in [9.17, 15) is 4.79 Å². The summed E-state index contributed by atoms with van der Waals surface area (Å²) >= 11 is 0. The summed E-state index contributed by atoms with van der Waals surface area (Å²) in [6.45, 7) is 5.07. The molecule has 3 aromatic rings. The Morgan fingerprint density at radius 1 is 1.17 bits per heavy atom. The van der Waals surface area contributed by atoms with Gasteiger partial charge in [-0.1, -0.05) is 18.2 Å². The fraction of sp³-hybridized carbons (Fsp3) is 0.278. The van der Waals surface area contributed by atoms with Gasteiger partial charge in [0.05, 0.1) is 11.4 Å². The largest absolute Gasteiger partial charge is 0.352 e. The molecule has 1 aromatic carbocycles. The first-order chi connectivity index (χ1) is 11.6. The topological polar surface area (TPSA) is 64.7 Å². The van der Waals surface area contributed by atoms with Crippen molar-refractivity contribution >= 4 is 5.91 Å². The second-order valence-electron chi connectivity index (χ2n) is 5.69. The smallest absolute Gasteiger partial charge is 0.222 e. The molecule has 1 amide bonds. The fourth-order valence-corrected chi connectivity index (χ4v) is 2.68. The Labute approximate surface area is 141 Å². The van der Waals surface area contributed by atoms with E-state index in [1.165, 1.54) is 0 Å². The Balaban J connectivity index is 1.63. The van der Waals surface area contributed by atoms with Gasteiger partial charge in [0.1, 0.15) is 0 Å². The van der Waals surface area contributed by atoms with E-state index in [2.05, 4.69) is 15.5 Å². The molecule has 0 aliphatic carbocycles. The van der Waals surface area contributed by atoms with E-state index >= 15 is 0 Å². The molecule has 0 atom stereocenters. The minimum absolute atomic E-state index is 0.0109. The fourth-order valence-electron chi connectivity index (χ4n) is 2.68. The lowest BCUT2D eigenvalue weighted by atomic mass is 10.2. The number of benzene rings is 1. The van der Waals surface area contributed by atoms with Gasteiger partial charge in [-0.15, -0.1) is 0 Å². The highest BCUT2D eigenvalue weighted by Gasteiger charge is 2.13. The molecule has 0 fully saturated rings. The molecule has 0 saturated carbocycles. The first-order valence-corrected chi connectivity index (χ1v) is 8.00. The summed E-state index contributed by atoms with van der Waals surface area (Å²) in [6.07, 6.45) is 3.97. The van der Waals surface area contributed by atoms with Crippen molar-refractivity contribution in [3.63, 3.8) is 0 Å². The molecule has 0 saturated heterocycles. The third-order valence-corrected chi connectivity index (χ3v) is 4.03. The molecule has 0 spiro atoms. The maximum Gasteiger partial charge on any atom is 0.222 e. The van der Waals surface area contributed by atoms with Crippen LogP contribution in [-0.2, 0) is 17.9 Å². The molecule has 0 aliphatic rings. The first kappa shape index (κ1) is 16.0. The summed E-state index contributed by atoms with van der Waals surface area (Å²) in [5, 5.41) is 11.7. The van der Waals surface area contributed by atoms with E-state index in [1.54, 1.807) is 10.9 Å². The molecule has 0 bridgehead atoms. The molecule has 2 aromatic heterocycles. The third-order valence-electron chi connectivity index (χ3n) is 4.03. The van der Waals surface area contributed by atoms with Crippen molar-refractivity contribution < 1.29 is 4.79 Å². The molecule has 1 N–H and O–H groups in total. The van der Waals surface area contributed by atoms with Gasteiger partial charge in [-0.2, -0.15) is 10.2 Å². The molecule has 0 aliphatic heterocycles. The Morgan fingerprint density at radius 3 is 2.67 bits per heavy atom. The molecular formula is C18H21N5O. The number of amides is 1. The quantitative estimate of drug-likeness (QED) is 0.757. The van der Waals surface area contributed by atoms with Gasteiger partial charge in [0.25, 0.3) is 0 Å². The standard InChI is InChI=1S/C18H21N5O/c1-14-17(13-19-18(24)9-12-22-11-6-10-20-22)15(2)23(21-14)16-7-4-3-5-8-16/h3-8,10-11H,9,12-13H2,1-2H3,(H,19,24). The van der Waals surface area contributed by atoms with Crippen molar-refractivity contribution in [1.82, 2.24) is 24.9 Å². The van der Waals surface area contributed by atoms with E-state index < -0.39 is 0 Å². The van der Waals surface area contributed by atoms with Gasteiger partial charge in [-0.3, -0.25) is 9.48 Å². The Kier molecular flexibility index (Phi) is 4.74. The molecule has 6 heteroatoms. The molecule has 2 heterocycles. The number of aromatic nitrogens is 4. The van der Waals surface area contributed by atoms with Crippen molar-refractivity contribution in [3.05, 3.63) is 65.7 Å². The first-order valence-electron chi connectivity index (χ1n) is 8.00. The number of nitrogens with zero attached hydrogens (tertiary/aromatic N) is 4. The van der Waals surface area contributed by atoms with E-state index in [1.807, 2.05) is 61.1 Å². The highest BCUT2D eigenvalue weighted by molar-refractivity contribution is 5.75. The monoisotopic (exact) mass is 323 g/mol. The highest BCUT2D eigenvalue weighted by Crippen LogP contribution is 2.17. The zero-order valence-electron chi connectivity index (χ0n) is 13.9. The summed E-state index contributed by atoms with van der Waals surface area (Å²) in [5.74, 6) is 0.0109. The van der Waals surface area contributed by atoms with Crippen LogP contribution in [0.1, 0.15) is 23.4 Å². The van der Waals surface area contributed by atoms with Crippen LogP contribution >= 0.6 is 0 Å². The zero-order valence-corrected chi connectivity index (χ0v) is 13.9. The predicted octanol–water partition coefficient (Wildman–Crippen LogP) is 2.39. The van der Waals surface area contributed by atoms with Gasteiger partial charge in [-0.05, 0) is 32.0 Å². The van der Waals surface area contributed by atoms with Crippen LogP contribution in [0.3, 0.4) is 0 Å². The Hall–Kier alpha value is -2.89. The SMILES string of the molecule is Cc1nn(-c2ccccc2)c(C)c1CNC(=O)CCn1cccn1. The van der Waals surface area contributed by atoms with Crippen molar-refractivity contribution in [1.29, 1.82) is 0 Å². The van der Waals surface area contributed by atoms with Crippen LogP contribution in [0.15, 0.2) is 48.8 Å². The number of rotatable bonds is 6. The van der Waals surface area contributed by atoms with Crippen LogP contribution in [0.25, 0.3) is 5.69 Å². The minimum atomic E-state index is 0.0109. The number of carbonyl (C=O) groups excluding carboxylic acids is 1. The summed E-state index contributed by atoms with van der Waals surface area (Å²) < 4.78 is 3.67. The number of hydrogen-bond acceptors (Lipinski definition) is 3. The lowest BCUT2D eigenvalue weighted by Gasteiger charge is -2.07. The van der Waals surface area contributed by atoms with E-state index in [0.717, 1.165) is 22.6 Å². The summed E-state index contributed by atoms with van der Waals surface area (Å²) in [5.41, 5.74) is 4.07. The molecule has 0 radical (unpaired) electrons. The average Bonchev–Trinajstić information content (AvgIpc) is 3.21. The van der Waals surface area contributed by atoms with Crippen LogP contribution in [0.2, 0.25) is 0 Å². The Morgan fingerprint density at radius 2 is 1.96 bits per heavy atom. The average molecular weight is 323 g/mol. The third kappa shape index (κ3) is 3.53. The van der Waals surface area contributed by atoms with E-state index in [-0.39, 0.29) is 5.91 Å². The number of aryl methyl sites for hydroxylation is 2. The molecule has 24 heavy (non-hydrogen) atoms. The van der Waals surface area contributed by atoms with Crippen molar-refractivity contribution in [3.8, 4) is 5.69 Å².